The van der Waals surface area contributed by atoms with Crippen molar-refractivity contribution >= 4 is 11.7 Å². The van der Waals surface area contributed by atoms with E-state index < -0.39 is 18.0 Å². The summed E-state index contributed by atoms with van der Waals surface area (Å²) in [6, 6.07) is 2.64. The number of aromatic nitrogens is 3. The molecule has 2 aliphatic heterocycles. The maximum atomic E-state index is 14.4. The lowest BCUT2D eigenvalue weighted by Crippen LogP contribution is -2.51. The summed E-state index contributed by atoms with van der Waals surface area (Å²) in [7, 11) is 0. The van der Waals surface area contributed by atoms with E-state index in [1.54, 1.807) is 0 Å². The van der Waals surface area contributed by atoms with Crippen LogP contribution in [0.2, 0.25) is 0 Å². The number of ether oxygens (including phenoxy) is 1. The minimum absolute atomic E-state index is 0.0370. The van der Waals surface area contributed by atoms with Crippen LogP contribution in [0.4, 0.5) is 23.2 Å². The van der Waals surface area contributed by atoms with Crippen LogP contribution in [0.15, 0.2) is 12.1 Å². The fourth-order valence-corrected chi connectivity index (χ4v) is 3.00. The number of anilines is 1. The zero-order valence-corrected chi connectivity index (χ0v) is 14.8. The van der Waals surface area contributed by atoms with Gasteiger partial charge in [-0.05, 0) is 11.0 Å². The lowest BCUT2D eigenvalue weighted by molar-refractivity contribution is -0.646. The second-order valence-electron chi connectivity index (χ2n) is 6.53. The Morgan fingerprint density at radius 2 is 2.14 bits per heavy atom. The summed E-state index contributed by atoms with van der Waals surface area (Å²) in [5, 5.41) is 9.70. The van der Waals surface area contributed by atoms with Crippen LogP contribution in [-0.2, 0) is 11.4 Å². The summed E-state index contributed by atoms with van der Waals surface area (Å²) in [5.41, 5.74) is 0.739. The number of carbonyl (C=O) groups is 1. The molecule has 0 saturated carbocycles. The summed E-state index contributed by atoms with van der Waals surface area (Å²) in [6.07, 6.45) is -5.30. The Morgan fingerprint density at radius 3 is 2.76 bits per heavy atom. The van der Waals surface area contributed by atoms with Gasteiger partial charge in [-0.3, -0.25) is 4.84 Å². The van der Waals surface area contributed by atoms with Gasteiger partial charge in [0.1, 0.15) is 16.1 Å². The fraction of sp³-hybridized carbons (Fsp3) is 0.375. The Bertz CT molecular complexity index is 1060. The summed E-state index contributed by atoms with van der Waals surface area (Å²) in [5.74, 6) is -2.99. The number of benzene rings is 1. The molecule has 0 bridgehead atoms. The van der Waals surface area contributed by atoms with Crippen molar-refractivity contribution in [3.63, 3.8) is 0 Å². The number of hydrogen-bond acceptors (Lipinski definition) is 7. The number of rotatable bonds is 3. The summed E-state index contributed by atoms with van der Waals surface area (Å²) < 4.78 is 57.0. The average molecular weight is 416 g/mol. The third-order valence-corrected chi connectivity index (χ3v) is 4.54. The molecule has 2 aromatic rings. The van der Waals surface area contributed by atoms with Gasteiger partial charge in [-0.2, -0.15) is 13.2 Å². The van der Waals surface area contributed by atoms with Crippen molar-refractivity contribution in [3.8, 4) is 16.9 Å². The van der Waals surface area contributed by atoms with Crippen molar-refractivity contribution < 1.29 is 36.5 Å². The van der Waals surface area contributed by atoms with Crippen molar-refractivity contribution in [2.24, 2.45) is 0 Å². The number of nitrogens with zero attached hydrogens (tertiary/aromatic N) is 3. The third kappa shape index (κ3) is 3.37. The smallest absolute Gasteiger partial charge is 0.484 e. The van der Waals surface area contributed by atoms with E-state index in [0.717, 1.165) is 6.07 Å². The quantitative estimate of drug-likeness (QED) is 0.562. The van der Waals surface area contributed by atoms with Crippen LogP contribution in [0.1, 0.15) is 11.4 Å². The zero-order chi connectivity index (χ0) is 20.9. The van der Waals surface area contributed by atoms with Gasteiger partial charge < -0.3 is 15.4 Å². The van der Waals surface area contributed by atoms with Crippen molar-refractivity contribution in [1.29, 1.82) is 0 Å². The molecule has 4 rings (SSSR count). The molecule has 3 heterocycles. The molecular formula is C16H14F4N5O4+. The topological polar surface area (TPSA) is 100 Å². The highest BCUT2D eigenvalue weighted by atomic mass is 19.4. The molecule has 2 aliphatic rings. The van der Waals surface area contributed by atoms with E-state index in [9.17, 15) is 27.3 Å². The Labute approximate surface area is 159 Å². The van der Waals surface area contributed by atoms with Gasteiger partial charge in [0, 0.05) is 31.6 Å². The maximum Gasteiger partial charge on any atom is 0.493 e. The standard InChI is InChI=1S/C16H14F4N5O4/c1-7-14-9-2-11(22-8-4-21-5-8)10(17)3-13(9)28-6-12(14)23-25(24(7)27)29-15(26)16(18,19)20/h2-3,8,21-22H,4-6H2,1H3/q+1. The zero-order valence-electron chi connectivity index (χ0n) is 14.8. The van der Waals surface area contributed by atoms with E-state index in [2.05, 4.69) is 20.6 Å². The summed E-state index contributed by atoms with van der Waals surface area (Å²) in [4.78, 5) is 27.3. The number of fused-ring (bicyclic) bond motifs is 3. The van der Waals surface area contributed by atoms with Gasteiger partial charge in [0.05, 0.1) is 22.4 Å². The van der Waals surface area contributed by atoms with Gasteiger partial charge in [-0.25, -0.2) is 9.18 Å². The minimum Gasteiger partial charge on any atom is -0.484 e. The molecule has 0 aliphatic carbocycles. The Balaban J connectivity index is 1.76. The highest BCUT2D eigenvalue weighted by Gasteiger charge is 2.44. The molecule has 2 N–H and O–H groups in total. The molecule has 1 saturated heterocycles. The Kier molecular flexibility index (Phi) is 4.41. The van der Waals surface area contributed by atoms with Crippen LogP contribution in [0.25, 0.3) is 11.1 Å². The Hall–Kier alpha value is -3.22. The molecule has 1 aromatic heterocycles. The van der Waals surface area contributed by atoms with Gasteiger partial charge in [-0.1, -0.05) is 0 Å². The van der Waals surface area contributed by atoms with E-state index in [1.807, 2.05) is 0 Å². The maximum absolute atomic E-state index is 14.4. The first kappa shape index (κ1) is 19.1. The van der Waals surface area contributed by atoms with Gasteiger partial charge in [0.25, 0.3) is 0 Å². The highest BCUT2D eigenvalue weighted by Crippen LogP contribution is 2.40. The van der Waals surface area contributed by atoms with Crippen LogP contribution < -0.4 is 24.7 Å². The molecule has 13 heteroatoms. The second-order valence-corrected chi connectivity index (χ2v) is 6.53. The summed E-state index contributed by atoms with van der Waals surface area (Å²) in [6.45, 7) is 2.38. The molecule has 1 fully saturated rings. The molecule has 0 spiro atoms. The van der Waals surface area contributed by atoms with Gasteiger partial charge in [0.2, 0.25) is 10.7 Å². The van der Waals surface area contributed by atoms with E-state index in [1.165, 1.54) is 13.0 Å². The van der Waals surface area contributed by atoms with Gasteiger partial charge in [-0.15, -0.1) is 0 Å². The van der Waals surface area contributed by atoms with E-state index in [-0.39, 0.29) is 50.5 Å². The molecule has 29 heavy (non-hydrogen) atoms. The van der Waals surface area contributed by atoms with Crippen LogP contribution in [0.3, 0.4) is 0 Å². The van der Waals surface area contributed by atoms with Crippen LogP contribution in [0, 0.1) is 17.6 Å². The fourth-order valence-electron chi connectivity index (χ4n) is 3.00. The lowest BCUT2D eigenvalue weighted by Gasteiger charge is -2.29. The van der Waals surface area contributed by atoms with Crippen molar-refractivity contribution in [2.75, 3.05) is 18.4 Å². The van der Waals surface area contributed by atoms with Crippen LogP contribution in [0.5, 0.6) is 5.75 Å². The molecule has 0 unspecified atom stereocenters. The van der Waals surface area contributed by atoms with Gasteiger partial charge >= 0.3 is 12.1 Å². The number of nitrogens with one attached hydrogen (secondary N) is 2. The van der Waals surface area contributed by atoms with Crippen molar-refractivity contribution in [2.45, 2.75) is 25.7 Å². The molecular weight excluding hydrogens is 402 g/mol. The first-order chi connectivity index (χ1) is 13.6. The first-order valence-corrected chi connectivity index (χ1v) is 8.44. The molecule has 1 aromatic carbocycles. The van der Waals surface area contributed by atoms with Gasteiger partial charge in [0.15, 0.2) is 12.3 Å². The van der Waals surface area contributed by atoms with Crippen molar-refractivity contribution in [3.05, 3.63) is 34.2 Å². The normalized spacial score (nSPS) is 15.6. The second kappa shape index (κ2) is 6.69. The highest BCUT2D eigenvalue weighted by molar-refractivity contribution is 5.78. The number of hydrogen-bond donors (Lipinski definition) is 2. The van der Waals surface area contributed by atoms with E-state index in [4.69, 9.17) is 4.74 Å². The number of alkyl halides is 3. The monoisotopic (exact) mass is 416 g/mol. The number of halogens is 4. The largest absolute Gasteiger partial charge is 0.493 e. The first-order valence-electron chi connectivity index (χ1n) is 8.44. The summed E-state index contributed by atoms with van der Waals surface area (Å²) >= 11 is 0. The number of carbonyl (C=O) groups excluding carboxylic acids is 1. The molecule has 0 amide bonds. The van der Waals surface area contributed by atoms with E-state index >= 15 is 0 Å². The predicted molar refractivity (Wildman–Crippen MR) is 88.0 cm³/mol. The molecule has 0 atom stereocenters. The Morgan fingerprint density at radius 1 is 1.41 bits per heavy atom. The van der Waals surface area contributed by atoms with Crippen molar-refractivity contribution in [1.82, 2.24) is 15.4 Å². The molecule has 154 valence electrons. The average Bonchev–Trinajstić information content (AvgIpc) is 2.61. The lowest BCUT2D eigenvalue weighted by atomic mass is 9.98. The van der Waals surface area contributed by atoms with Crippen LogP contribution in [-0.4, -0.2) is 41.3 Å². The third-order valence-electron chi connectivity index (χ3n) is 4.54. The van der Waals surface area contributed by atoms with Crippen LogP contribution >= 0.6 is 0 Å². The SMILES string of the molecule is Cc1c2c(nn(OC(=O)C(F)(F)F)[n+]1=O)COc1cc(F)c(NC3CNC3)cc1-2. The van der Waals surface area contributed by atoms with E-state index in [0.29, 0.717) is 18.7 Å². The molecule has 9 nitrogen and oxygen atoms in total. The minimum atomic E-state index is -5.30. The predicted octanol–water partition coefficient (Wildman–Crippen LogP) is 0.706. The molecule has 0 radical (unpaired) electrons.